The number of carbonyl (C=O) groups excluding carboxylic acids is 1. The Labute approximate surface area is 171 Å². The number of nitrogens with zero attached hydrogens (tertiary/aromatic N) is 2. The zero-order chi connectivity index (χ0) is 20.2. The second-order valence-electron chi connectivity index (χ2n) is 7.56. The number of rotatable bonds is 7. The summed E-state index contributed by atoms with van der Waals surface area (Å²) in [5.74, 6) is 0.623. The maximum absolute atomic E-state index is 11.9. The second-order valence-corrected chi connectivity index (χ2v) is 7.56. The summed E-state index contributed by atoms with van der Waals surface area (Å²) in [6, 6.07) is 10.1. The largest absolute Gasteiger partial charge is 0.492 e. The van der Waals surface area contributed by atoms with Crippen LogP contribution >= 0.6 is 0 Å². The Morgan fingerprint density at radius 3 is 2.76 bits per heavy atom. The normalized spacial score (nSPS) is 15.8. The van der Waals surface area contributed by atoms with Crippen molar-refractivity contribution in [2.24, 2.45) is 0 Å². The van der Waals surface area contributed by atoms with Crippen molar-refractivity contribution in [2.45, 2.75) is 13.3 Å². The van der Waals surface area contributed by atoms with Crippen LogP contribution in [0.4, 0.5) is 0 Å². The van der Waals surface area contributed by atoms with Crippen molar-refractivity contribution in [3.8, 4) is 5.75 Å². The minimum Gasteiger partial charge on any atom is -0.492 e. The maximum Gasteiger partial charge on any atom is 0.310 e. The average Bonchev–Trinajstić information content (AvgIpc) is 3.12. The Bertz CT molecular complexity index is 989. The third-order valence-electron chi connectivity index (χ3n) is 5.51. The summed E-state index contributed by atoms with van der Waals surface area (Å²) in [5, 5.41) is 3.10. The highest BCUT2D eigenvalue weighted by atomic mass is 16.5. The van der Waals surface area contributed by atoms with Gasteiger partial charge in [0.2, 0.25) is 0 Å². The summed E-state index contributed by atoms with van der Waals surface area (Å²) in [5.41, 5.74) is 1.63. The Morgan fingerprint density at radius 2 is 1.97 bits per heavy atom. The lowest BCUT2D eigenvalue weighted by Gasteiger charge is -2.32. The van der Waals surface area contributed by atoms with Crippen LogP contribution in [-0.2, 0) is 16.0 Å². The number of esters is 1. The van der Waals surface area contributed by atoms with Crippen molar-refractivity contribution in [3.63, 3.8) is 0 Å². The van der Waals surface area contributed by atoms with E-state index in [2.05, 4.69) is 22.9 Å². The first-order chi connectivity index (χ1) is 14.1. The SMILES string of the molecule is CCOC(=O)Cc1coc2ccc3cc(OCCN4CCN(C)CC4)ccc3c12. The fourth-order valence-corrected chi connectivity index (χ4v) is 3.86. The Morgan fingerprint density at radius 1 is 1.14 bits per heavy atom. The van der Waals surface area contributed by atoms with Gasteiger partial charge in [-0.05, 0) is 49.0 Å². The molecule has 6 heteroatoms. The van der Waals surface area contributed by atoms with Crippen molar-refractivity contribution < 1.29 is 18.7 Å². The molecule has 0 aliphatic carbocycles. The first-order valence-corrected chi connectivity index (χ1v) is 10.3. The maximum atomic E-state index is 11.9. The van der Waals surface area contributed by atoms with Crippen LogP contribution < -0.4 is 4.74 Å². The van der Waals surface area contributed by atoms with Gasteiger partial charge in [0, 0.05) is 43.7 Å². The first-order valence-electron chi connectivity index (χ1n) is 10.3. The molecule has 4 rings (SSSR count). The van der Waals surface area contributed by atoms with E-state index in [1.54, 1.807) is 6.26 Å². The van der Waals surface area contributed by atoms with E-state index in [1.165, 1.54) is 0 Å². The lowest BCUT2D eigenvalue weighted by Crippen LogP contribution is -2.45. The number of ether oxygens (including phenoxy) is 2. The van der Waals surface area contributed by atoms with Gasteiger partial charge in [-0.15, -0.1) is 0 Å². The van der Waals surface area contributed by atoms with E-state index in [-0.39, 0.29) is 12.4 Å². The third-order valence-corrected chi connectivity index (χ3v) is 5.51. The summed E-state index contributed by atoms with van der Waals surface area (Å²) >= 11 is 0. The number of hydrogen-bond donors (Lipinski definition) is 0. The molecule has 154 valence electrons. The van der Waals surface area contributed by atoms with Crippen molar-refractivity contribution in [1.82, 2.24) is 9.80 Å². The monoisotopic (exact) mass is 396 g/mol. The van der Waals surface area contributed by atoms with Crippen LogP contribution in [0.1, 0.15) is 12.5 Å². The van der Waals surface area contributed by atoms with Gasteiger partial charge in [-0.2, -0.15) is 0 Å². The van der Waals surface area contributed by atoms with E-state index in [1.807, 2.05) is 31.2 Å². The smallest absolute Gasteiger partial charge is 0.310 e. The lowest BCUT2D eigenvalue weighted by molar-refractivity contribution is -0.142. The first kappa shape index (κ1) is 19.7. The minimum absolute atomic E-state index is 0.212. The molecule has 0 atom stereocenters. The summed E-state index contributed by atoms with van der Waals surface area (Å²) in [4.78, 5) is 16.7. The van der Waals surface area contributed by atoms with Crippen LogP contribution in [0.5, 0.6) is 5.75 Å². The Hall–Kier alpha value is -2.57. The number of likely N-dealkylation sites (N-methyl/N-ethyl adjacent to an activating group) is 1. The number of furan rings is 1. The summed E-state index contributed by atoms with van der Waals surface area (Å²) in [6.07, 6.45) is 1.87. The molecule has 3 aromatic rings. The number of piperazine rings is 1. The highest BCUT2D eigenvalue weighted by Gasteiger charge is 2.15. The molecule has 2 aromatic carbocycles. The van der Waals surface area contributed by atoms with Crippen molar-refractivity contribution in [3.05, 3.63) is 42.2 Å². The molecule has 0 radical (unpaired) electrons. The summed E-state index contributed by atoms with van der Waals surface area (Å²) in [6.45, 7) is 8.23. The van der Waals surface area contributed by atoms with Gasteiger partial charge in [0.25, 0.3) is 0 Å². The molecule has 0 saturated carbocycles. The van der Waals surface area contributed by atoms with Gasteiger partial charge in [0.1, 0.15) is 17.9 Å². The average molecular weight is 396 g/mol. The molecule has 0 unspecified atom stereocenters. The number of fused-ring (bicyclic) bond motifs is 3. The van der Waals surface area contributed by atoms with Crippen LogP contribution in [0.2, 0.25) is 0 Å². The van der Waals surface area contributed by atoms with E-state index in [4.69, 9.17) is 13.9 Å². The molecule has 29 heavy (non-hydrogen) atoms. The third kappa shape index (κ3) is 4.54. The van der Waals surface area contributed by atoms with Gasteiger partial charge in [0.15, 0.2) is 0 Å². The molecule has 0 amide bonds. The van der Waals surface area contributed by atoms with Crippen molar-refractivity contribution in [2.75, 3.05) is 53.0 Å². The van der Waals surface area contributed by atoms with Crippen LogP contribution in [0, 0.1) is 0 Å². The van der Waals surface area contributed by atoms with Crippen molar-refractivity contribution >= 4 is 27.7 Å². The fourth-order valence-electron chi connectivity index (χ4n) is 3.86. The van der Waals surface area contributed by atoms with Gasteiger partial charge in [-0.1, -0.05) is 6.07 Å². The quantitative estimate of drug-likeness (QED) is 0.571. The molecular formula is C23H28N2O4. The number of hydrogen-bond acceptors (Lipinski definition) is 6. The van der Waals surface area contributed by atoms with E-state index < -0.39 is 0 Å². The standard InChI is InChI=1S/C23H28N2O4/c1-3-27-22(26)15-18-16-29-21-7-4-17-14-19(5-6-20(17)23(18)21)28-13-12-25-10-8-24(2)9-11-25/h4-7,14,16H,3,8-13,15H2,1-2H3. The molecule has 1 fully saturated rings. The summed E-state index contributed by atoms with van der Waals surface area (Å²) < 4.78 is 16.8. The molecule has 6 nitrogen and oxygen atoms in total. The molecule has 0 N–H and O–H groups in total. The van der Waals surface area contributed by atoms with Crippen LogP contribution in [0.3, 0.4) is 0 Å². The molecule has 1 aliphatic heterocycles. The van der Waals surface area contributed by atoms with Crippen molar-refractivity contribution in [1.29, 1.82) is 0 Å². The van der Waals surface area contributed by atoms with E-state index in [0.717, 1.165) is 65.8 Å². The van der Waals surface area contributed by atoms with Gasteiger partial charge in [-0.3, -0.25) is 9.69 Å². The second kappa shape index (κ2) is 8.84. The molecule has 0 spiro atoms. The molecular weight excluding hydrogens is 368 g/mol. The number of carbonyl (C=O) groups is 1. The topological polar surface area (TPSA) is 55.2 Å². The zero-order valence-electron chi connectivity index (χ0n) is 17.1. The van der Waals surface area contributed by atoms with E-state index >= 15 is 0 Å². The highest BCUT2D eigenvalue weighted by Crippen LogP contribution is 2.32. The Balaban J connectivity index is 1.47. The zero-order valence-corrected chi connectivity index (χ0v) is 17.1. The fraction of sp³-hybridized carbons (Fsp3) is 0.435. The molecule has 1 aromatic heterocycles. The van der Waals surface area contributed by atoms with Crippen LogP contribution in [0.25, 0.3) is 21.7 Å². The van der Waals surface area contributed by atoms with Gasteiger partial charge in [0.05, 0.1) is 19.3 Å². The van der Waals surface area contributed by atoms with Gasteiger partial charge in [-0.25, -0.2) is 0 Å². The lowest BCUT2D eigenvalue weighted by atomic mass is 10.0. The molecule has 1 aliphatic rings. The molecule has 2 heterocycles. The molecule has 0 bridgehead atoms. The Kier molecular flexibility index (Phi) is 6.02. The van der Waals surface area contributed by atoms with Crippen LogP contribution in [0.15, 0.2) is 41.0 Å². The van der Waals surface area contributed by atoms with E-state index in [9.17, 15) is 4.79 Å². The predicted octanol–water partition coefficient (Wildman–Crippen LogP) is 3.32. The van der Waals surface area contributed by atoms with E-state index in [0.29, 0.717) is 13.2 Å². The highest BCUT2D eigenvalue weighted by molar-refractivity contribution is 6.08. The predicted molar refractivity (Wildman–Crippen MR) is 113 cm³/mol. The number of benzene rings is 2. The van der Waals surface area contributed by atoms with Gasteiger partial charge >= 0.3 is 5.97 Å². The molecule has 1 saturated heterocycles. The summed E-state index contributed by atoms with van der Waals surface area (Å²) in [7, 11) is 2.16. The minimum atomic E-state index is -0.240. The van der Waals surface area contributed by atoms with Crippen LogP contribution in [-0.4, -0.2) is 68.8 Å². The van der Waals surface area contributed by atoms with Gasteiger partial charge < -0.3 is 18.8 Å².